The molecule has 1 aliphatic rings. The van der Waals surface area contributed by atoms with Gasteiger partial charge in [-0.1, -0.05) is 13.0 Å². The maximum absolute atomic E-state index is 4.18. The molecule has 1 saturated heterocycles. The summed E-state index contributed by atoms with van der Waals surface area (Å²) in [6, 6.07) is 0.555. The highest BCUT2D eigenvalue weighted by Crippen LogP contribution is 2.17. The maximum atomic E-state index is 4.18. The smallest absolute Gasteiger partial charge is 0.191 e. The van der Waals surface area contributed by atoms with Gasteiger partial charge in [-0.05, 0) is 38.8 Å². The zero-order valence-corrected chi connectivity index (χ0v) is 14.8. The van der Waals surface area contributed by atoms with E-state index in [-0.39, 0.29) is 24.0 Å². The van der Waals surface area contributed by atoms with Gasteiger partial charge in [0.25, 0.3) is 0 Å². The van der Waals surface area contributed by atoms with Gasteiger partial charge in [0.1, 0.15) is 0 Å². The highest BCUT2D eigenvalue weighted by atomic mass is 127. The minimum absolute atomic E-state index is 0. The van der Waals surface area contributed by atoms with E-state index in [1.807, 2.05) is 6.08 Å². The number of nitrogens with zero attached hydrogens (tertiary/aromatic N) is 2. The first-order chi connectivity index (χ1) is 8.67. The highest BCUT2D eigenvalue weighted by Gasteiger charge is 2.20. The molecular weight excluding hydrogens is 351 g/mol. The van der Waals surface area contributed by atoms with Crippen LogP contribution in [0.5, 0.6) is 0 Å². The average molecular weight is 380 g/mol. The van der Waals surface area contributed by atoms with Gasteiger partial charge in [0.2, 0.25) is 0 Å². The monoisotopic (exact) mass is 380 g/mol. The van der Waals surface area contributed by atoms with Crippen LogP contribution in [0, 0.1) is 5.92 Å². The van der Waals surface area contributed by atoms with Crippen LogP contribution in [-0.4, -0.2) is 50.1 Å². The van der Waals surface area contributed by atoms with Gasteiger partial charge < -0.3 is 10.6 Å². The minimum atomic E-state index is 0. The minimum Gasteiger partial charge on any atom is -0.355 e. The number of hydrogen-bond donors (Lipinski definition) is 2. The van der Waals surface area contributed by atoms with Gasteiger partial charge in [-0.2, -0.15) is 0 Å². The fourth-order valence-electron chi connectivity index (χ4n) is 2.23. The van der Waals surface area contributed by atoms with Gasteiger partial charge in [0, 0.05) is 26.2 Å². The van der Waals surface area contributed by atoms with Crippen LogP contribution in [0.3, 0.4) is 0 Å². The summed E-state index contributed by atoms with van der Waals surface area (Å²) in [4.78, 5) is 6.75. The number of aliphatic imine (C=N–C) groups is 1. The molecule has 0 aliphatic carbocycles. The van der Waals surface area contributed by atoms with Crippen molar-refractivity contribution in [3.05, 3.63) is 12.7 Å². The van der Waals surface area contributed by atoms with Gasteiger partial charge >= 0.3 is 0 Å². The molecule has 1 atom stereocenters. The van der Waals surface area contributed by atoms with Crippen molar-refractivity contribution in [2.45, 2.75) is 32.7 Å². The first-order valence-corrected chi connectivity index (χ1v) is 6.96. The first kappa shape index (κ1) is 18.7. The molecule has 112 valence electrons. The molecule has 4 nitrogen and oxygen atoms in total. The molecule has 5 heteroatoms. The Morgan fingerprint density at radius 1 is 1.42 bits per heavy atom. The molecule has 1 fully saturated rings. The van der Waals surface area contributed by atoms with E-state index in [0.29, 0.717) is 6.04 Å². The predicted octanol–water partition coefficient (Wildman–Crippen LogP) is 2.08. The third-order valence-electron chi connectivity index (χ3n) is 3.64. The molecule has 0 spiro atoms. The summed E-state index contributed by atoms with van der Waals surface area (Å²) in [5.41, 5.74) is 0. The largest absolute Gasteiger partial charge is 0.355 e. The van der Waals surface area contributed by atoms with Gasteiger partial charge in [0.05, 0.1) is 0 Å². The topological polar surface area (TPSA) is 39.7 Å². The number of guanidine groups is 1. The van der Waals surface area contributed by atoms with Gasteiger partial charge in [-0.15, -0.1) is 30.6 Å². The molecule has 1 unspecified atom stereocenters. The third-order valence-corrected chi connectivity index (χ3v) is 3.64. The Labute approximate surface area is 135 Å². The van der Waals surface area contributed by atoms with E-state index in [2.05, 4.69) is 41.0 Å². The van der Waals surface area contributed by atoms with E-state index in [1.54, 1.807) is 7.05 Å². The standard InChI is InChI=1S/C14H28N4.HI/c1-5-8-16-14(15-4)17-11-13(3)18-9-6-12(2)7-10-18;/h5,12-13H,1,6-11H2,2-4H3,(H2,15,16,17);1H. The number of hydrogen-bond acceptors (Lipinski definition) is 2. The second kappa shape index (κ2) is 10.5. The van der Waals surface area contributed by atoms with Crippen LogP contribution < -0.4 is 10.6 Å². The molecule has 0 saturated carbocycles. The number of rotatable bonds is 5. The lowest BCUT2D eigenvalue weighted by Gasteiger charge is -2.35. The summed E-state index contributed by atoms with van der Waals surface area (Å²) in [6.07, 6.45) is 4.49. The quantitative estimate of drug-likeness (QED) is 0.332. The second-order valence-corrected chi connectivity index (χ2v) is 5.19. The number of nitrogens with one attached hydrogen (secondary N) is 2. The van der Waals surface area contributed by atoms with Crippen LogP contribution >= 0.6 is 24.0 Å². The summed E-state index contributed by atoms with van der Waals surface area (Å²) < 4.78 is 0. The van der Waals surface area contributed by atoms with Crippen LogP contribution in [0.4, 0.5) is 0 Å². The van der Waals surface area contributed by atoms with Crippen molar-refractivity contribution in [2.24, 2.45) is 10.9 Å². The molecule has 1 aliphatic heterocycles. The van der Waals surface area contributed by atoms with Gasteiger partial charge in [0.15, 0.2) is 5.96 Å². The van der Waals surface area contributed by atoms with Crippen molar-refractivity contribution in [1.29, 1.82) is 0 Å². The molecule has 0 amide bonds. The van der Waals surface area contributed by atoms with Crippen LogP contribution in [0.25, 0.3) is 0 Å². The number of likely N-dealkylation sites (tertiary alicyclic amines) is 1. The highest BCUT2D eigenvalue weighted by molar-refractivity contribution is 14.0. The Balaban J connectivity index is 0.00000324. The van der Waals surface area contributed by atoms with Gasteiger partial charge in [-0.3, -0.25) is 9.89 Å². The zero-order valence-electron chi connectivity index (χ0n) is 12.5. The number of halogens is 1. The molecule has 0 aromatic rings. The van der Waals surface area contributed by atoms with E-state index < -0.39 is 0 Å². The molecule has 2 N–H and O–H groups in total. The van der Waals surface area contributed by atoms with Crippen molar-refractivity contribution in [3.8, 4) is 0 Å². The molecule has 1 heterocycles. The van der Waals surface area contributed by atoms with E-state index in [0.717, 1.165) is 25.0 Å². The SMILES string of the molecule is C=CCNC(=NC)NCC(C)N1CCC(C)CC1.I. The maximum Gasteiger partial charge on any atom is 0.191 e. The summed E-state index contributed by atoms with van der Waals surface area (Å²) >= 11 is 0. The van der Waals surface area contributed by atoms with E-state index in [9.17, 15) is 0 Å². The van der Waals surface area contributed by atoms with Crippen LogP contribution in [0.15, 0.2) is 17.6 Å². The third kappa shape index (κ3) is 7.15. The molecule has 0 bridgehead atoms. The van der Waals surface area contributed by atoms with Gasteiger partial charge in [-0.25, -0.2) is 0 Å². The van der Waals surface area contributed by atoms with Crippen molar-refractivity contribution in [1.82, 2.24) is 15.5 Å². The molecule has 0 aromatic carbocycles. The average Bonchev–Trinajstić information content (AvgIpc) is 2.39. The Morgan fingerprint density at radius 2 is 2.05 bits per heavy atom. The fraction of sp³-hybridized carbons (Fsp3) is 0.786. The predicted molar refractivity (Wildman–Crippen MR) is 94.4 cm³/mol. The van der Waals surface area contributed by atoms with E-state index >= 15 is 0 Å². The Kier molecular flexibility index (Phi) is 10.3. The fourth-order valence-corrected chi connectivity index (χ4v) is 2.23. The van der Waals surface area contributed by atoms with E-state index in [4.69, 9.17) is 0 Å². The Bertz CT molecular complexity index is 273. The number of piperidine rings is 1. The zero-order chi connectivity index (χ0) is 13.4. The van der Waals surface area contributed by atoms with Crippen LogP contribution in [0.2, 0.25) is 0 Å². The normalized spacial score (nSPS) is 19.4. The summed E-state index contributed by atoms with van der Waals surface area (Å²) in [5.74, 6) is 1.75. The van der Waals surface area contributed by atoms with Crippen molar-refractivity contribution < 1.29 is 0 Å². The van der Waals surface area contributed by atoms with E-state index in [1.165, 1.54) is 25.9 Å². The van der Waals surface area contributed by atoms with Crippen molar-refractivity contribution in [2.75, 3.05) is 33.2 Å². The Morgan fingerprint density at radius 3 is 2.58 bits per heavy atom. The summed E-state index contributed by atoms with van der Waals surface area (Å²) in [7, 11) is 1.80. The second-order valence-electron chi connectivity index (χ2n) is 5.19. The van der Waals surface area contributed by atoms with Crippen molar-refractivity contribution >= 4 is 29.9 Å². The lowest BCUT2D eigenvalue weighted by atomic mass is 9.98. The molecule has 0 radical (unpaired) electrons. The van der Waals surface area contributed by atoms with Crippen LogP contribution in [0.1, 0.15) is 26.7 Å². The molecular formula is C14H29IN4. The molecule has 1 rings (SSSR count). The lowest BCUT2D eigenvalue weighted by molar-refractivity contribution is 0.147. The Hall–Kier alpha value is -0.300. The molecule has 0 aromatic heterocycles. The lowest BCUT2D eigenvalue weighted by Crippen LogP contribution is -2.48. The summed E-state index contributed by atoms with van der Waals surface area (Å²) in [5, 5.41) is 6.55. The molecule has 19 heavy (non-hydrogen) atoms. The summed E-state index contributed by atoms with van der Waals surface area (Å²) in [6.45, 7) is 12.5. The van der Waals surface area contributed by atoms with Crippen LogP contribution in [-0.2, 0) is 0 Å². The first-order valence-electron chi connectivity index (χ1n) is 6.96. The van der Waals surface area contributed by atoms with Crippen molar-refractivity contribution in [3.63, 3.8) is 0 Å².